The van der Waals surface area contributed by atoms with Crippen LogP contribution >= 0.6 is 0 Å². The first-order valence-corrected chi connectivity index (χ1v) is 6.24. The van der Waals surface area contributed by atoms with Gasteiger partial charge < -0.3 is 9.64 Å². The Kier molecular flexibility index (Phi) is 4.16. The van der Waals surface area contributed by atoms with Crippen LogP contribution in [-0.4, -0.2) is 31.1 Å². The van der Waals surface area contributed by atoms with Crippen molar-refractivity contribution < 1.29 is 9.13 Å². The predicted molar refractivity (Wildman–Crippen MR) is 66.9 cm³/mol. The first-order chi connectivity index (χ1) is 8.72. The Morgan fingerprint density at radius 3 is 3.06 bits per heavy atom. The molecule has 2 rings (SSSR count). The topological polar surface area (TPSA) is 36.3 Å². The summed E-state index contributed by atoms with van der Waals surface area (Å²) in [6.07, 6.45) is 3.33. The molecule has 0 aliphatic carbocycles. The van der Waals surface area contributed by atoms with Gasteiger partial charge in [-0.25, -0.2) is 4.39 Å². The van der Waals surface area contributed by atoms with E-state index in [-0.39, 0.29) is 5.56 Å². The maximum absolute atomic E-state index is 13.3. The molecule has 0 aromatic heterocycles. The summed E-state index contributed by atoms with van der Waals surface area (Å²) in [5.74, 6) is -0.175. The van der Waals surface area contributed by atoms with Gasteiger partial charge in [-0.1, -0.05) is 6.07 Å². The minimum absolute atomic E-state index is 0.00252. The molecule has 0 spiro atoms. The summed E-state index contributed by atoms with van der Waals surface area (Å²) in [6.45, 7) is 1.65. The monoisotopic (exact) mass is 248 g/mol. The van der Waals surface area contributed by atoms with Crippen molar-refractivity contribution >= 4 is 0 Å². The van der Waals surface area contributed by atoms with Crippen LogP contribution in [0, 0.1) is 17.1 Å². The molecule has 1 aromatic carbocycles. The molecule has 1 heterocycles. The fourth-order valence-corrected chi connectivity index (χ4v) is 2.38. The number of nitrogens with zero attached hydrogens (tertiary/aromatic N) is 2. The minimum atomic E-state index is -0.520. The minimum Gasteiger partial charge on any atom is -0.492 e. The van der Waals surface area contributed by atoms with E-state index in [4.69, 9.17) is 10.00 Å². The van der Waals surface area contributed by atoms with E-state index < -0.39 is 5.82 Å². The quantitative estimate of drug-likeness (QED) is 0.821. The Balaban J connectivity index is 1.91. The number of nitriles is 1. The molecule has 0 saturated carbocycles. The molecule has 1 unspecified atom stereocenters. The van der Waals surface area contributed by atoms with Crippen LogP contribution in [0.3, 0.4) is 0 Å². The number of ether oxygens (including phenoxy) is 1. The van der Waals surface area contributed by atoms with Crippen LogP contribution in [0.25, 0.3) is 0 Å². The van der Waals surface area contributed by atoms with Crippen molar-refractivity contribution in [3.05, 3.63) is 29.6 Å². The van der Waals surface area contributed by atoms with Crippen LogP contribution in [0.2, 0.25) is 0 Å². The number of halogens is 1. The zero-order valence-electron chi connectivity index (χ0n) is 10.5. The Morgan fingerprint density at radius 2 is 2.39 bits per heavy atom. The highest BCUT2D eigenvalue weighted by Gasteiger charge is 2.20. The molecular formula is C14H17FN2O. The zero-order chi connectivity index (χ0) is 13.0. The largest absolute Gasteiger partial charge is 0.492 e. The SMILES string of the molecule is CN1CCCC1CCOc1cccc(F)c1C#N. The molecule has 4 heteroatoms. The lowest BCUT2D eigenvalue weighted by Crippen LogP contribution is -2.26. The van der Waals surface area contributed by atoms with Crippen LogP contribution in [0.15, 0.2) is 18.2 Å². The summed E-state index contributed by atoms with van der Waals surface area (Å²) in [4.78, 5) is 2.32. The van der Waals surface area contributed by atoms with Gasteiger partial charge >= 0.3 is 0 Å². The number of benzene rings is 1. The number of hydrogen-bond donors (Lipinski definition) is 0. The smallest absolute Gasteiger partial charge is 0.144 e. The summed E-state index contributed by atoms with van der Waals surface area (Å²) in [5.41, 5.74) is -0.00252. The van der Waals surface area contributed by atoms with Gasteiger partial charge in [-0.15, -0.1) is 0 Å². The second-order valence-electron chi connectivity index (χ2n) is 4.64. The average Bonchev–Trinajstić information content (AvgIpc) is 2.75. The van der Waals surface area contributed by atoms with E-state index in [2.05, 4.69) is 11.9 Å². The van der Waals surface area contributed by atoms with E-state index in [1.807, 2.05) is 6.07 Å². The molecule has 0 bridgehead atoms. The van der Waals surface area contributed by atoms with Gasteiger partial charge in [0.15, 0.2) is 0 Å². The van der Waals surface area contributed by atoms with Crippen LogP contribution in [0.1, 0.15) is 24.8 Å². The summed E-state index contributed by atoms with van der Waals surface area (Å²) in [6, 6.07) is 6.86. The van der Waals surface area contributed by atoms with E-state index in [0.717, 1.165) is 13.0 Å². The molecule has 18 heavy (non-hydrogen) atoms. The highest BCUT2D eigenvalue weighted by Crippen LogP contribution is 2.22. The van der Waals surface area contributed by atoms with Crippen LogP contribution in [0.5, 0.6) is 5.75 Å². The van der Waals surface area contributed by atoms with Crippen LogP contribution < -0.4 is 4.74 Å². The highest BCUT2D eigenvalue weighted by molar-refractivity contribution is 5.43. The molecule has 0 radical (unpaired) electrons. The second kappa shape index (κ2) is 5.83. The molecule has 1 aliphatic heterocycles. The summed E-state index contributed by atoms with van der Waals surface area (Å²) >= 11 is 0. The first-order valence-electron chi connectivity index (χ1n) is 6.24. The molecule has 1 atom stereocenters. The normalized spacial score (nSPS) is 19.7. The lowest BCUT2D eigenvalue weighted by atomic mass is 10.1. The zero-order valence-corrected chi connectivity index (χ0v) is 10.5. The van der Waals surface area contributed by atoms with Gasteiger partial charge in [-0.3, -0.25) is 0 Å². The Hall–Kier alpha value is -1.60. The maximum Gasteiger partial charge on any atom is 0.144 e. The van der Waals surface area contributed by atoms with E-state index in [9.17, 15) is 4.39 Å². The van der Waals surface area contributed by atoms with Gasteiger partial charge in [0.2, 0.25) is 0 Å². The van der Waals surface area contributed by atoms with Crippen molar-refractivity contribution in [2.24, 2.45) is 0 Å². The fourth-order valence-electron chi connectivity index (χ4n) is 2.38. The molecule has 1 fully saturated rings. The van der Waals surface area contributed by atoms with Crippen LogP contribution in [0.4, 0.5) is 4.39 Å². The van der Waals surface area contributed by atoms with E-state index in [0.29, 0.717) is 18.4 Å². The van der Waals surface area contributed by atoms with Crippen LogP contribution in [-0.2, 0) is 0 Å². The van der Waals surface area contributed by atoms with Crippen molar-refractivity contribution in [2.75, 3.05) is 20.2 Å². The first kappa shape index (κ1) is 12.8. The lowest BCUT2D eigenvalue weighted by molar-refractivity contribution is 0.232. The standard InChI is InChI=1S/C14H17FN2O/c1-17-8-3-4-11(17)7-9-18-14-6-2-5-13(15)12(14)10-16/h2,5-6,11H,3-4,7-9H2,1H3. The van der Waals surface area contributed by atoms with Gasteiger partial charge in [0.1, 0.15) is 23.2 Å². The third kappa shape index (κ3) is 2.80. The van der Waals surface area contributed by atoms with Crippen molar-refractivity contribution in [1.82, 2.24) is 4.90 Å². The third-order valence-electron chi connectivity index (χ3n) is 3.47. The summed E-state index contributed by atoms with van der Waals surface area (Å²) < 4.78 is 18.9. The van der Waals surface area contributed by atoms with E-state index in [1.165, 1.54) is 18.9 Å². The highest BCUT2D eigenvalue weighted by atomic mass is 19.1. The van der Waals surface area contributed by atoms with Crippen molar-refractivity contribution in [3.8, 4) is 11.8 Å². The molecule has 0 amide bonds. The summed E-state index contributed by atoms with van der Waals surface area (Å²) in [5, 5.41) is 8.87. The van der Waals surface area contributed by atoms with Crippen molar-refractivity contribution in [3.63, 3.8) is 0 Å². The number of rotatable bonds is 4. The molecule has 1 saturated heterocycles. The van der Waals surface area contributed by atoms with Crippen molar-refractivity contribution in [1.29, 1.82) is 5.26 Å². The van der Waals surface area contributed by atoms with Gasteiger partial charge in [0.05, 0.1) is 6.61 Å². The van der Waals surface area contributed by atoms with Gasteiger partial charge in [0, 0.05) is 6.04 Å². The molecule has 96 valence electrons. The number of hydrogen-bond acceptors (Lipinski definition) is 3. The Bertz CT molecular complexity index is 456. The Labute approximate surface area is 107 Å². The van der Waals surface area contributed by atoms with Crippen molar-refractivity contribution in [2.45, 2.75) is 25.3 Å². The lowest BCUT2D eigenvalue weighted by Gasteiger charge is -2.19. The van der Waals surface area contributed by atoms with E-state index >= 15 is 0 Å². The molecule has 1 aliphatic rings. The van der Waals surface area contributed by atoms with Gasteiger partial charge in [0.25, 0.3) is 0 Å². The molecule has 0 N–H and O–H groups in total. The molecule has 3 nitrogen and oxygen atoms in total. The second-order valence-corrected chi connectivity index (χ2v) is 4.64. The fraction of sp³-hybridized carbons (Fsp3) is 0.500. The Morgan fingerprint density at radius 1 is 1.56 bits per heavy atom. The molecular weight excluding hydrogens is 231 g/mol. The molecule has 1 aromatic rings. The maximum atomic E-state index is 13.3. The van der Waals surface area contributed by atoms with Gasteiger partial charge in [-0.2, -0.15) is 5.26 Å². The third-order valence-corrected chi connectivity index (χ3v) is 3.47. The predicted octanol–water partition coefficient (Wildman–Crippen LogP) is 2.56. The average molecular weight is 248 g/mol. The van der Waals surface area contributed by atoms with E-state index in [1.54, 1.807) is 12.1 Å². The number of likely N-dealkylation sites (tertiary alicyclic amines) is 1. The summed E-state index contributed by atoms with van der Waals surface area (Å²) in [7, 11) is 2.11. The van der Waals surface area contributed by atoms with Gasteiger partial charge in [-0.05, 0) is 45.0 Å².